The predicted octanol–water partition coefficient (Wildman–Crippen LogP) is 1.22. The number of nitrogens with zero attached hydrogens (tertiary/aromatic N) is 1. The maximum atomic E-state index is 12.5. The first kappa shape index (κ1) is 16.6. The van der Waals surface area contributed by atoms with Gasteiger partial charge in [0.15, 0.2) is 5.82 Å². The van der Waals surface area contributed by atoms with Gasteiger partial charge in [-0.3, -0.25) is 0 Å². The van der Waals surface area contributed by atoms with Gasteiger partial charge in [-0.15, -0.1) is 0 Å². The molecule has 21 heavy (non-hydrogen) atoms. The van der Waals surface area contributed by atoms with E-state index in [4.69, 9.17) is 10.6 Å². The van der Waals surface area contributed by atoms with Crippen LogP contribution >= 0.6 is 15.9 Å². The number of nitrogens with one attached hydrogen (secondary N) is 2. The number of aromatic nitrogens is 1. The number of ether oxygens (including phenoxy) is 1. The van der Waals surface area contributed by atoms with Gasteiger partial charge < -0.3 is 10.2 Å². The summed E-state index contributed by atoms with van der Waals surface area (Å²) in [6, 6.07) is 1.27. The van der Waals surface area contributed by atoms with Crippen molar-refractivity contribution < 1.29 is 13.2 Å². The molecule has 9 heteroatoms. The Morgan fingerprint density at radius 1 is 1.52 bits per heavy atom. The van der Waals surface area contributed by atoms with E-state index in [0.717, 1.165) is 0 Å². The van der Waals surface area contributed by atoms with E-state index in [1.165, 1.54) is 12.3 Å². The van der Waals surface area contributed by atoms with Crippen LogP contribution < -0.4 is 16.0 Å². The summed E-state index contributed by atoms with van der Waals surface area (Å²) >= 11 is 3.22. The number of methoxy groups -OCH3 is 1. The third kappa shape index (κ3) is 3.07. The van der Waals surface area contributed by atoms with Crippen molar-refractivity contribution in [3.05, 3.63) is 16.7 Å². The molecule has 7 nitrogen and oxygen atoms in total. The lowest BCUT2D eigenvalue weighted by atomic mass is 9.65. The Balaban J connectivity index is 2.26. The molecule has 1 saturated carbocycles. The number of rotatable bonds is 5. The maximum absolute atomic E-state index is 12.5. The third-order valence-corrected chi connectivity index (χ3v) is 5.92. The highest BCUT2D eigenvalue weighted by Crippen LogP contribution is 2.43. The number of halogens is 1. The zero-order valence-electron chi connectivity index (χ0n) is 12.1. The fourth-order valence-electron chi connectivity index (χ4n) is 2.47. The average Bonchev–Trinajstić information content (AvgIpc) is 2.43. The van der Waals surface area contributed by atoms with Crippen molar-refractivity contribution in [2.45, 2.75) is 37.3 Å². The molecule has 1 aromatic rings. The van der Waals surface area contributed by atoms with Crippen molar-refractivity contribution in [2.24, 2.45) is 11.3 Å². The molecule has 2 unspecified atom stereocenters. The SMILES string of the molecule is COC1CC(NS(=O)(=O)c2cc(Br)cnc2NN)C1(C)C. The van der Waals surface area contributed by atoms with Crippen LogP contribution in [0.4, 0.5) is 5.82 Å². The van der Waals surface area contributed by atoms with Crippen molar-refractivity contribution in [1.29, 1.82) is 0 Å². The van der Waals surface area contributed by atoms with E-state index in [0.29, 0.717) is 10.9 Å². The lowest BCUT2D eigenvalue weighted by Crippen LogP contribution is -2.61. The second-order valence-electron chi connectivity index (χ2n) is 5.60. The summed E-state index contributed by atoms with van der Waals surface area (Å²) in [4.78, 5) is 3.96. The molecule has 0 aromatic carbocycles. The Hall–Kier alpha value is -0.740. The zero-order valence-corrected chi connectivity index (χ0v) is 14.5. The minimum atomic E-state index is -3.73. The molecule has 0 amide bonds. The first-order valence-electron chi connectivity index (χ1n) is 6.39. The summed E-state index contributed by atoms with van der Waals surface area (Å²) in [5.41, 5.74) is 2.04. The van der Waals surface area contributed by atoms with Crippen LogP contribution in [-0.2, 0) is 14.8 Å². The standard InChI is InChI=1S/C12H19BrN4O3S/c1-12(2)9(5-10(12)20-3)17-21(18,19)8-4-7(13)6-15-11(8)16-14/h4,6,9-10,17H,5,14H2,1-3H3,(H,15,16). The van der Waals surface area contributed by atoms with Crippen molar-refractivity contribution in [1.82, 2.24) is 9.71 Å². The fourth-order valence-corrected chi connectivity index (χ4v) is 4.50. The molecular weight excluding hydrogens is 360 g/mol. The average molecular weight is 379 g/mol. The molecule has 1 aromatic heterocycles. The molecule has 2 atom stereocenters. The van der Waals surface area contributed by atoms with Gasteiger partial charge in [0, 0.05) is 29.2 Å². The summed E-state index contributed by atoms with van der Waals surface area (Å²) in [6.45, 7) is 3.94. The first-order valence-corrected chi connectivity index (χ1v) is 8.67. The van der Waals surface area contributed by atoms with E-state index in [1.807, 2.05) is 13.8 Å². The highest BCUT2D eigenvalue weighted by molar-refractivity contribution is 9.10. The van der Waals surface area contributed by atoms with E-state index in [9.17, 15) is 8.42 Å². The van der Waals surface area contributed by atoms with Crippen molar-refractivity contribution in [3.8, 4) is 0 Å². The molecule has 0 radical (unpaired) electrons. The normalized spacial score (nSPS) is 24.4. The largest absolute Gasteiger partial charge is 0.381 e. The van der Waals surface area contributed by atoms with Gasteiger partial charge in [-0.1, -0.05) is 13.8 Å². The van der Waals surface area contributed by atoms with Crippen LogP contribution in [0.3, 0.4) is 0 Å². The molecule has 0 aliphatic heterocycles. The van der Waals surface area contributed by atoms with Gasteiger partial charge in [-0.25, -0.2) is 24.0 Å². The lowest BCUT2D eigenvalue weighted by molar-refractivity contribution is -0.0908. The second-order valence-corrected chi connectivity index (χ2v) is 8.20. The first-order chi connectivity index (χ1) is 9.72. The summed E-state index contributed by atoms with van der Waals surface area (Å²) in [5, 5.41) is 0. The number of sulfonamides is 1. The summed E-state index contributed by atoms with van der Waals surface area (Å²) in [5.74, 6) is 5.43. The van der Waals surface area contributed by atoms with Crippen LogP contribution in [0, 0.1) is 5.41 Å². The molecule has 1 aliphatic rings. The Morgan fingerprint density at radius 3 is 2.71 bits per heavy atom. The summed E-state index contributed by atoms with van der Waals surface area (Å²) in [6.07, 6.45) is 2.15. The van der Waals surface area contributed by atoms with Crippen LogP contribution in [0.1, 0.15) is 20.3 Å². The second kappa shape index (κ2) is 5.81. The summed E-state index contributed by atoms with van der Waals surface area (Å²) in [7, 11) is -2.10. The van der Waals surface area contributed by atoms with Gasteiger partial charge in [-0.05, 0) is 28.4 Å². The Morgan fingerprint density at radius 2 is 2.19 bits per heavy atom. The maximum Gasteiger partial charge on any atom is 0.244 e. The quantitative estimate of drug-likeness (QED) is 0.525. The van der Waals surface area contributed by atoms with Gasteiger partial charge in [0.25, 0.3) is 0 Å². The van der Waals surface area contributed by atoms with E-state index < -0.39 is 10.0 Å². The van der Waals surface area contributed by atoms with Crippen molar-refractivity contribution in [3.63, 3.8) is 0 Å². The van der Waals surface area contributed by atoms with Crippen LogP contribution in [0.15, 0.2) is 21.6 Å². The van der Waals surface area contributed by atoms with Crippen LogP contribution in [0.2, 0.25) is 0 Å². The smallest absolute Gasteiger partial charge is 0.244 e. The number of nitrogen functional groups attached to an aromatic ring is 1. The molecule has 0 bridgehead atoms. The molecular formula is C12H19BrN4O3S. The number of pyridine rings is 1. The number of nitrogens with two attached hydrogens (primary N) is 1. The Labute approximate surface area is 132 Å². The van der Waals surface area contributed by atoms with E-state index in [2.05, 4.69) is 31.1 Å². The number of hydrazine groups is 1. The van der Waals surface area contributed by atoms with E-state index in [1.54, 1.807) is 7.11 Å². The van der Waals surface area contributed by atoms with Crippen LogP contribution in [0.5, 0.6) is 0 Å². The summed E-state index contributed by atoms with van der Waals surface area (Å²) < 4.78 is 33.7. The van der Waals surface area contributed by atoms with E-state index in [-0.39, 0.29) is 28.3 Å². The van der Waals surface area contributed by atoms with E-state index >= 15 is 0 Å². The van der Waals surface area contributed by atoms with Crippen LogP contribution in [0.25, 0.3) is 0 Å². The van der Waals surface area contributed by atoms with Gasteiger partial charge in [0.1, 0.15) is 4.90 Å². The zero-order chi connectivity index (χ0) is 15.8. The fraction of sp³-hybridized carbons (Fsp3) is 0.583. The molecule has 4 N–H and O–H groups in total. The number of hydrogen-bond donors (Lipinski definition) is 3. The molecule has 0 spiro atoms. The number of anilines is 1. The molecule has 1 aliphatic carbocycles. The third-order valence-electron chi connectivity index (χ3n) is 4.01. The molecule has 0 saturated heterocycles. The minimum Gasteiger partial charge on any atom is -0.381 e. The Bertz CT molecular complexity index is 635. The highest BCUT2D eigenvalue weighted by Gasteiger charge is 2.50. The topological polar surface area (TPSA) is 106 Å². The predicted molar refractivity (Wildman–Crippen MR) is 83.1 cm³/mol. The van der Waals surface area contributed by atoms with Gasteiger partial charge in [0.05, 0.1) is 6.10 Å². The molecule has 1 fully saturated rings. The number of hydrogen-bond acceptors (Lipinski definition) is 6. The Kier molecular flexibility index (Phi) is 4.60. The van der Waals surface area contributed by atoms with Crippen LogP contribution in [-0.4, -0.2) is 32.7 Å². The molecule has 118 valence electrons. The van der Waals surface area contributed by atoms with Crippen molar-refractivity contribution >= 4 is 31.8 Å². The van der Waals surface area contributed by atoms with Gasteiger partial charge >= 0.3 is 0 Å². The van der Waals surface area contributed by atoms with Gasteiger partial charge in [-0.2, -0.15) is 0 Å². The monoisotopic (exact) mass is 378 g/mol. The van der Waals surface area contributed by atoms with Gasteiger partial charge in [0.2, 0.25) is 10.0 Å². The minimum absolute atomic E-state index is 0.0102. The molecule has 1 heterocycles. The molecule has 2 rings (SSSR count). The highest BCUT2D eigenvalue weighted by atomic mass is 79.9. The van der Waals surface area contributed by atoms with Crippen molar-refractivity contribution in [2.75, 3.05) is 12.5 Å². The lowest BCUT2D eigenvalue weighted by Gasteiger charge is -2.50.